The number of fused-ring (bicyclic) bond motifs is 1. The van der Waals surface area contributed by atoms with Gasteiger partial charge >= 0.3 is 5.97 Å². The smallest absolute Gasteiger partial charge is 0.355 e. The Bertz CT molecular complexity index is 837. The van der Waals surface area contributed by atoms with Crippen LogP contribution in [0, 0.1) is 6.92 Å². The Morgan fingerprint density at radius 1 is 1.24 bits per heavy atom. The van der Waals surface area contributed by atoms with Gasteiger partial charge < -0.3 is 9.84 Å². The zero-order valence-corrected chi connectivity index (χ0v) is 11.7. The van der Waals surface area contributed by atoms with Crippen molar-refractivity contribution in [1.82, 2.24) is 9.38 Å². The first-order valence-electron chi connectivity index (χ1n) is 6.48. The van der Waals surface area contributed by atoms with Crippen LogP contribution in [0.3, 0.4) is 0 Å². The number of aromatic carboxylic acids is 1. The molecule has 3 rings (SSSR count). The number of para-hydroxylation sites is 1. The molecule has 0 saturated carbocycles. The molecule has 0 bridgehead atoms. The Labute approximate surface area is 121 Å². The summed E-state index contributed by atoms with van der Waals surface area (Å²) in [6.07, 6.45) is 1.71. The van der Waals surface area contributed by atoms with Gasteiger partial charge in [-0.05, 0) is 30.7 Å². The number of carboxylic acid groups (broad SMARTS) is 1. The van der Waals surface area contributed by atoms with Crippen molar-refractivity contribution < 1.29 is 14.6 Å². The van der Waals surface area contributed by atoms with E-state index in [4.69, 9.17) is 4.74 Å². The van der Waals surface area contributed by atoms with Crippen LogP contribution >= 0.6 is 0 Å². The van der Waals surface area contributed by atoms with Crippen LogP contribution in [0.5, 0.6) is 5.75 Å². The minimum atomic E-state index is -1.02. The van der Waals surface area contributed by atoms with Crippen LogP contribution in [0.2, 0.25) is 0 Å². The Balaban J connectivity index is 2.39. The number of pyridine rings is 1. The van der Waals surface area contributed by atoms with E-state index in [1.54, 1.807) is 23.8 Å². The summed E-state index contributed by atoms with van der Waals surface area (Å²) in [5.41, 5.74) is 2.77. The first-order chi connectivity index (χ1) is 10.1. The van der Waals surface area contributed by atoms with Gasteiger partial charge in [-0.15, -0.1) is 0 Å². The molecule has 0 amide bonds. The Hall–Kier alpha value is -2.82. The lowest BCUT2D eigenvalue weighted by molar-refractivity contribution is 0.0690. The van der Waals surface area contributed by atoms with Crippen LogP contribution in [0.15, 0.2) is 42.6 Å². The second-order valence-electron chi connectivity index (χ2n) is 4.70. The van der Waals surface area contributed by atoms with Crippen LogP contribution in [-0.4, -0.2) is 27.6 Å². The van der Waals surface area contributed by atoms with Crippen molar-refractivity contribution in [3.63, 3.8) is 0 Å². The number of aromatic nitrogens is 2. The topological polar surface area (TPSA) is 63.8 Å². The SMILES string of the molecule is COc1ccccc1-c1nc2c(C)cccn2c1C(=O)O. The predicted molar refractivity (Wildman–Crippen MR) is 78.9 cm³/mol. The summed E-state index contributed by atoms with van der Waals surface area (Å²) in [6, 6.07) is 11.0. The number of imidazole rings is 1. The zero-order chi connectivity index (χ0) is 15.0. The number of carbonyl (C=O) groups is 1. The van der Waals surface area contributed by atoms with Crippen molar-refractivity contribution in [2.45, 2.75) is 6.92 Å². The molecule has 0 fully saturated rings. The van der Waals surface area contributed by atoms with Gasteiger partial charge in [-0.2, -0.15) is 0 Å². The van der Waals surface area contributed by atoms with Gasteiger partial charge in [-0.3, -0.25) is 4.40 Å². The van der Waals surface area contributed by atoms with E-state index < -0.39 is 5.97 Å². The summed E-state index contributed by atoms with van der Waals surface area (Å²) in [5.74, 6) is -0.421. The Morgan fingerprint density at radius 2 is 2.00 bits per heavy atom. The van der Waals surface area contributed by atoms with Crippen LogP contribution in [-0.2, 0) is 0 Å². The maximum Gasteiger partial charge on any atom is 0.355 e. The molecule has 0 aliphatic carbocycles. The number of ether oxygens (including phenoxy) is 1. The molecule has 5 heteroatoms. The van der Waals surface area contributed by atoms with E-state index in [0.717, 1.165) is 5.56 Å². The average Bonchev–Trinajstić information content (AvgIpc) is 2.88. The van der Waals surface area contributed by atoms with Crippen molar-refractivity contribution in [2.75, 3.05) is 7.11 Å². The molecule has 106 valence electrons. The van der Waals surface area contributed by atoms with Crippen molar-refractivity contribution in [1.29, 1.82) is 0 Å². The number of carboxylic acids is 1. The highest BCUT2D eigenvalue weighted by atomic mass is 16.5. The summed E-state index contributed by atoms with van der Waals surface area (Å²) in [4.78, 5) is 16.2. The Morgan fingerprint density at radius 3 is 2.71 bits per heavy atom. The molecule has 2 aromatic heterocycles. The lowest BCUT2D eigenvalue weighted by Gasteiger charge is -2.06. The molecule has 0 saturated heterocycles. The molecule has 1 N–H and O–H groups in total. The van der Waals surface area contributed by atoms with Crippen LogP contribution < -0.4 is 4.74 Å². The summed E-state index contributed by atoms with van der Waals surface area (Å²) in [5, 5.41) is 9.57. The molecule has 0 aliphatic heterocycles. The van der Waals surface area contributed by atoms with E-state index in [-0.39, 0.29) is 5.69 Å². The number of aryl methyl sites for hydroxylation is 1. The van der Waals surface area contributed by atoms with Crippen LogP contribution in [0.4, 0.5) is 0 Å². The largest absolute Gasteiger partial charge is 0.496 e. The lowest BCUT2D eigenvalue weighted by Crippen LogP contribution is -2.04. The van der Waals surface area contributed by atoms with Crippen molar-refractivity contribution in [3.8, 4) is 17.0 Å². The molecule has 5 nitrogen and oxygen atoms in total. The summed E-state index contributed by atoms with van der Waals surface area (Å²) in [6.45, 7) is 1.90. The summed E-state index contributed by atoms with van der Waals surface area (Å²) >= 11 is 0. The van der Waals surface area contributed by atoms with Gasteiger partial charge in [0.05, 0.1) is 7.11 Å². The third-order valence-electron chi connectivity index (χ3n) is 3.41. The molecule has 0 radical (unpaired) electrons. The van der Waals surface area contributed by atoms with E-state index in [0.29, 0.717) is 22.7 Å². The van der Waals surface area contributed by atoms with Gasteiger partial charge in [0.25, 0.3) is 0 Å². The van der Waals surface area contributed by atoms with Gasteiger partial charge in [-0.25, -0.2) is 9.78 Å². The second-order valence-corrected chi connectivity index (χ2v) is 4.70. The number of benzene rings is 1. The minimum Gasteiger partial charge on any atom is -0.496 e. The van der Waals surface area contributed by atoms with E-state index in [9.17, 15) is 9.90 Å². The monoisotopic (exact) mass is 282 g/mol. The van der Waals surface area contributed by atoms with Gasteiger partial charge in [0, 0.05) is 11.8 Å². The molecule has 21 heavy (non-hydrogen) atoms. The van der Waals surface area contributed by atoms with Gasteiger partial charge in [0.2, 0.25) is 0 Å². The highest BCUT2D eigenvalue weighted by Crippen LogP contribution is 2.32. The van der Waals surface area contributed by atoms with E-state index in [2.05, 4.69) is 4.98 Å². The van der Waals surface area contributed by atoms with Gasteiger partial charge in [-0.1, -0.05) is 18.2 Å². The predicted octanol–water partition coefficient (Wildman–Crippen LogP) is 3.02. The van der Waals surface area contributed by atoms with Gasteiger partial charge in [0.1, 0.15) is 17.1 Å². The molecule has 0 spiro atoms. The molecular formula is C16H14N2O3. The third kappa shape index (κ3) is 2.03. The fourth-order valence-electron chi connectivity index (χ4n) is 2.44. The Kier molecular flexibility index (Phi) is 3.10. The summed E-state index contributed by atoms with van der Waals surface area (Å²) < 4.78 is 6.92. The van der Waals surface area contributed by atoms with Crippen molar-refractivity contribution in [2.24, 2.45) is 0 Å². The van der Waals surface area contributed by atoms with Crippen molar-refractivity contribution >= 4 is 11.6 Å². The van der Waals surface area contributed by atoms with E-state index in [1.165, 1.54) is 0 Å². The third-order valence-corrected chi connectivity index (χ3v) is 3.41. The highest BCUT2D eigenvalue weighted by Gasteiger charge is 2.22. The fraction of sp³-hybridized carbons (Fsp3) is 0.125. The average molecular weight is 282 g/mol. The molecule has 0 unspecified atom stereocenters. The molecule has 1 aromatic carbocycles. The fourth-order valence-corrected chi connectivity index (χ4v) is 2.44. The normalized spacial score (nSPS) is 10.8. The first-order valence-corrected chi connectivity index (χ1v) is 6.48. The second kappa shape index (κ2) is 4.94. The lowest BCUT2D eigenvalue weighted by atomic mass is 10.1. The van der Waals surface area contributed by atoms with E-state index in [1.807, 2.05) is 37.3 Å². The molecule has 3 aromatic rings. The van der Waals surface area contributed by atoms with Gasteiger partial charge in [0.15, 0.2) is 5.69 Å². The number of rotatable bonds is 3. The summed E-state index contributed by atoms with van der Waals surface area (Å²) in [7, 11) is 1.56. The number of nitrogens with zero attached hydrogens (tertiary/aromatic N) is 2. The first kappa shape index (κ1) is 13.2. The molecular weight excluding hydrogens is 268 g/mol. The molecule has 0 aliphatic rings. The quantitative estimate of drug-likeness (QED) is 0.802. The number of hydrogen-bond acceptors (Lipinski definition) is 3. The maximum absolute atomic E-state index is 11.7. The van der Waals surface area contributed by atoms with Crippen molar-refractivity contribution in [3.05, 3.63) is 53.9 Å². The number of methoxy groups -OCH3 is 1. The number of hydrogen-bond donors (Lipinski definition) is 1. The zero-order valence-electron chi connectivity index (χ0n) is 11.7. The van der Waals surface area contributed by atoms with E-state index >= 15 is 0 Å². The maximum atomic E-state index is 11.7. The molecule has 2 heterocycles. The standard InChI is InChI=1S/C16H14N2O3/c1-10-6-5-9-18-14(16(19)20)13(17-15(10)18)11-7-3-4-8-12(11)21-2/h3-9H,1-2H3,(H,19,20). The van der Waals surface area contributed by atoms with Crippen LogP contribution in [0.1, 0.15) is 16.1 Å². The highest BCUT2D eigenvalue weighted by molar-refractivity contribution is 5.95. The molecule has 0 atom stereocenters. The van der Waals surface area contributed by atoms with Crippen LogP contribution in [0.25, 0.3) is 16.9 Å². The minimum absolute atomic E-state index is 0.137.